The van der Waals surface area contributed by atoms with Crippen molar-refractivity contribution >= 4 is 29.0 Å². The summed E-state index contributed by atoms with van der Waals surface area (Å²) in [5.41, 5.74) is 1.78. The Morgan fingerprint density at radius 2 is 1.72 bits per heavy atom. The molecule has 0 bridgehead atoms. The van der Waals surface area contributed by atoms with Crippen molar-refractivity contribution in [2.45, 2.75) is 38.8 Å². The zero-order valence-electron chi connectivity index (χ0n) is 14.4. The molecule has 1 fully saturated rings. The highest BCUT2D eigenvalue weighted by molar-refractivity contribution is 7.10. The molecule has 2 aromatic rings. The quantitative estimate of drug-likeness (QED) is 0.724. The molecule has 0 saturated heterocycles. The van der Waals surface area contributed by atoms with Crippen LogP contribution in [0.25, 0.3) is 0 Å². The molecule has 0 spiro atoms. The largest absolute Gasteiger partial charge is 0.332 e. The van der Waals surface area contributed by atoms with E-state index in [9.17, 15) is 9.59 Å². The Balaban J connectivity index is 1.50. The predicted octanol–water partition coefficient (Wildman–Crippen LogP) is 4.22. The number of anilines is 1. The Hall–Kier alpha value is -2.34. The lowest BCUT2D eigenvalue weighted by molar-refractivity contribution is -0.117. The molecule has 3 N–H and O–H groups in total. The van der Waals surface area contributed by atoms with Crippen LogP contribution >= 0.6 is 11.3 Å². The van der Waals surface area contributed by atoms with E-state index in [1.54, 1.807) is 11.3 Å². The summed E-state index contributed by atoms with van der Waals surface area (Å²) in [7, 11) is 0. The van der Waals surface area contributed by atoms with Crippen LogP contribution in [0.15, 0.2) is 41.8 Å². The first kappa shape index (κ1) is 17.5. The van der Waals surface area contributed by atoms with Crippen molar-refractivity contribution in [2.75, 3.05) is 5.32 Å². The standard InChI is InChI=1S/C19H23N3O2S/c1-12(20-19(24)21-13(2)17-4-3-11-25-17)14-7-9-16(10-8-14)22-18(23)15-5-6-15/h3-4,7-13,15H,5-6H2,1-2H3,(H,22,23)(H2,20,21,24)/t12-,13-/m1/s1. The molecule has 1 aromatic carbocycles. The number of amides is 3. The summed E-state index contributed by atoms with van der Waals surface area (Å²) < 4.78 is 0. The van der Waals surface area contributed by atoms with Gasteiger partial charge in [-0.2, -0.15) is 0 Å². The monoisotopic (exact) mass is 357 g/mol. The fourth-order valence-electron chi connectivity index (χ4n) is 2.57. The highest BCUT2D eigenvalue weighted by atomic mass is 32.1. The Bertz CT molecular complexity index is 724. The van der Waals surface area contributed by atoms with Crippen molar-refractivity contribution in [3.63, 3.8) is 0 Å². The van der Waals surface area contributed by atoms with E-state index >= 15 is 0 Å². The summed E-state index contributed by atoms with van der Waals surface area (Å²) in [6.07, 6.45) is 1.98. The van der Waals surface area contributed by atoms with Gasteiger partial charge in [-0.15, -0.1) is 11.3 Å². The second kappa shape index (κ2) is 7.70. The lowest BCUT2D eigenvalue weighted by Crippen LogP contribution is -2.38. The van der Waals surface area contributed by atoms with Crippen LogP contribution < -0.4 is 16.0 Å². The summed E-state index contributed by atoms with van der Waals surface area (Å²) >= 11 is 1.62. The van der Waals surface area contributed by atoms with E-state index in [2.05, 4.69) is 16.0 Å². The van der Waals surface area contributed by atoms with E-state index in [1.165, 1.54) is 0 Å². The fraction of sp³-hybridized carbons (Fsp3) is 0.368. The maximum absolute atomic E-state index is 12.2. The van der Waals surface area contributed by atoms with Crippen LogP contribution in [0.3, 0.4) is 0 Å². The molecule has 132 valence electrons. The molecule has 25 heavy (non-hydrogen) atoms. The minimum absolute atomic E-state index is 0.0211. The number of rotatable bonds is 6. The third-order valence-electron chi connectivity index (χ3n) is 4.29. The molecule has 1 heterocycles. The number of thiophene rings is 1. The van der Waals surface area contributed by atoms with E-state index in [1.807, 2.05) is 55.6 Å². The molecule has 3 amide bonds. The van der Waals surface area contributed by atoms with Crippen LogP contribution in [0, 0.1) is 5.92 Å². The summed E-state index contributed by atoms with van der Waals surface area (Å²) in [6, 6.07) is 11.2. The average molecular weight is 357 g/mol. The van der Waals surface area contributed by atoms with Crippen LogP contribution in [-0.2, 0) is 4.79 Å². The average Bonchev–Trinajstić information content (AvgIpc) is 3.29. The molecule has 2 atom stereocenters. The van der Waals surface area contributed by atoms with Crippen molar-refractivity contribution < 1.29 is 9.59 Å². The first-order valence-electron chi connectivity index (χ1n) is 8.54. The van der Waals surface area contributed by atoms with Crippen LogP contribution in [-0.4, -0.2) is 11.9 Å². The van der Waals surface area contributed by atoms with E-state index < -0.39 is 0 Å². The summed E-state index contributed by atoms with van der Waals surface area (Å²) in [4.78, 5) is 25.0. The van der Waals surface area contributed by atoms with E-state index in [0.29, 0.717) is 0 Å². The molecule has 1 aliphatic carbocycles. The fourth-order valence-corrected chi connectivity index (χ4v) is 3.31. The van der Waals surface area contributed by atoms with Crippen molar-refractivity contribution in [2.24, 2.45) is 5.92 Å². The lowest BCUT2D eigenvalue weighted by Gasteiger charge is -2.18. The molecule has 0 radical (unpaired) electrons. The van der Waals surface area contributed by atoms with Gasteiger partial charge in [0.05, 0.1) is 12.1 Å². The number of nitrogens with one attached hydrogen (secondary N) is 3. The maximum atomic E-state index is 12.2. The molecule has 1 saturated carbocycles. The highest BCUT2D eigenvalue weighted by Gasteiger charge is 2.29. The van der Waals surface area contributed by atoms with Gasteiger partial charge in [0.1, 0.15) is 0 Å². The van der Waals surface area contributed by atoms with Gasteiger partial charge >= 0.3 is 6.03 Å². The Morgan fingerprint density at radius 1 is 1.04 bits per heavy atom. The molecule has 5 nitrogen and oxygen atoms in total. The molecule has 3 rings (SSSR count). The molecule has 0 unspecified atom stereocenters. The van der Waals surface area contributed by atoms with E-state index in [4.69, 9.17) is 0 Å². The van der Waals surface area contributed by atoms with Crippen molar-refractivity contribution in [3.05, 3.63) is 52.2 Å². The van der Waals surface area contributed by atoms with Crippen molar-refractivity contribution in [1.82, 2.24) is 10.6 Å². The Morgan fingerprint density at radius 3 is 2.32 bits per heavy atom. The van der Waals surface area contributed by atoms with Gasteiger partial charge in [0.2, 0.25) is 5.91 Å². The van der Waals surface area contributed by atoms with Gasteiger partial charge in [-0.25, -0.2) is 4.79 Å². The lowest BCUT2D eigenvalue weighted by atomic mass is 10.1. The van der Waals surface area contributed by atoms with Gasteiger partial charge in [-0.3, -0.25) is 4.79 Å². The van der Waals surface area contributed by atoms with Crippen LogP contribution in [0.2, 0.25) is 0 Å². The second-order valence-electron chi connectivity index (χ2n) is 6.46. The molecule has 1 aliphatic rings. The van der Waals surface area contributed by atoms with Gasteiger partial charge in [0, 0.05) is 16.5 Å². The van der Waals surface area contributed by atoms with Crippen molar-refractivity contribution in [1.29, 1.82) is 0 Å². The molecule has 6 heteroatoms. The second-order valence-corrected chi connectivity index (χ2v) is 7.44. The van der Waals surface area contributed by atoms with Gasteiger partial charge in [-0.05, 0) is 55.8 Å². The van der Waals surface area contributed by atoms with Gasteiger partial charge in [-0.1, -0.05) is 18.2 Å². The maximum Gasteiger partial charge on any atom is 0.315 e. The van der Waals surface area contributed by atoms with E-state index in [0.717, 1.165) is 29.0 Å². The number of urea groups is 1. The number of hydrogen-bond donors (Lipinski definition) is 3. The topological polar surface area (TPSA) is 70.2 Å². The minimum Gasteiger partial charge on any atom is -0.332 e. The Labute approximate surface area is 151 Å². The third-order valence-corrected chi connectivity index (χ3v) is 5.35. The summed E-state index contributed by atoms with van der Waals surface area (Å²) in [5, 5.41) is 10.8. The molecule has 1 aromatic heterocycles. The Kier molecular flexibility index (Phi) is 5.38. The van der Waals surface area contributed by atoms with E-state index in [-0.39, 0.29) is 29.9 Å². The predicted molar refractivity (Wildman–Crippen MR) is 101 cm³/mol. The molecular weight excluding hydrogens is 334 g/mol. The van der Waals surface area contributed by atoms with Crippen LogP contribution in [0.1, 0.15) is 49.2 Å². The number of carbonyl (C=O) groups is 2. The van der Waals surface area contributed by atoms with Gasteiger partial charge < -0.3 is 16.0 Å². The number of hydrogen-bond acceptors (Lipinski definition) is 3. The first-order chi connectivity index (χ1) is 12.0. The van der Waals surface area contributed by atoms with Crippen molar-refractivity contribution in [3.8, 4) is 0 Å². The zero-order chi connectivity index (χ0) is 17.8. The molecule has 0 aliphatic heterocycles. The molecular formula is C19H23N3O2S. The summed E-state index contributed by atoms with van der Waals surface area (Å²) in [6.45, 7) is 3.90. The first-order valence-corrected chi connectivity index (χ1v) is 9.42. The third kappa shape index (κ3) is 4.82. The SMILES string of the molecule is C[C@@H](NC(=O)N[C@H](C)c1cccs1)c1ccc(NC(=O)C2CC2)cc1. The van der Waals surface area contributed by atoms with Crippen LogP contribution in [0.4, 0.5) is 10.5 Å². The normalized spacial score (nSPS) is 15.9. The van der Waals surface area contributed by atoms with Crippen LogP contribution in [0.5, 0.6) is 0 Å². The zero-order valence-corrected chi connectivity index (χ0v) is 15.2. The highest BCUT2D eigenvalue weighted by Crippen LogP contribution is 2.30. The number of benzene rings is 1. The summed E-state index contributed by atoms with van der Waals surface area (Å²) in [5.74, 6) is 0.287. The van der Waals surface area contributed by atoms with Gasteiger partial charge in [0.15, 0.2) is 0 Å². The minimum atomic E-state index is -0.195. The van der Waals surface area contributed by atoms with Gasteiger partial charge in [0.25, 0.3) is 0 Å². The number of carbonyl (C=O) groups excluding carboxylic acids is 2. The smallest absolute Gasteiger partial charge is 0.315 e.